The zero-order valence-corrected chi connectivity index (χ0v) is 16.7. The van der Waals surface area contributed by atoms with Crippen LogP contribution in [0.3, 0.4) is 0 Å². The number of hydrogen-bond donors (Lipinski definition) is 3. The van der Waals surface area contributed by atoms with Crippen LogP contribution in [0.25, 0.3) is 11.2 Å². The van der Waals surface area contributed by atoms with E-state index in [9.17, 15) is 15.0 Å². The number of aromatic nitrogens is 4. The van der Waals surface area contributed by atoms with E-state index in [2.05, 4.69) is 34.6 Å². The lowest BCUT2D eigenvalue weighted by Crippen LogP contribution is -2.46. The van der Waals surface area contributed by atoms with Crippen LogP contribution in [0.2, 0.25) is 0 Å². The maximum atomic E-state index is 12.0. The van der Waals surface area contributed by atoms with Crippen LogP contribution in [0.4, 0.5) is 0 Å². The van der Waals surface area contributed by atoms with Gasteiger partial charge < -0.3 is 19.9 Å². The van der Waals surface area contributed by atoms with Crippen LogP contribution in [0.15, 0.2) is 11.1 Å². The summed E-state index contributed by atoms with van der Waals surface area (Å²) < 4.78 is 7.70. The van der Waals surface area contributed by atoms with Gasteiger partial charge in [0.05, 0.1) is 11.9 Å². The highest BCUT2D eigenvalue weighted by atomic mass is 31.2. The second kappa shape index (κ2) is 6.30. The molecule has 1 saturated heterocycles. The largest absolute Gasteiger partial charge is 0.387 e. The molecule has 0 bridgehead atoms. The normalized spacial score (nSPS) is 30.8. The summed E-state index contributed by atoms with van der Waals surface area (Å²) in [5, 5.41) is 21.4. The molecule has 1 fully saturated rings. The number of ether oxygens (including phenoxy) is 1. The second-order valence-electron chi connectivity index (χ2n) is 8.12. The van der Waals surface area contributed by atoms with Crippen molar-refractivity contribution in [3.8, 4) is 0 Å². The minimum absolute atomic E-state index is 0.00846. The molecule has 0 aliphatic carbocycles. The third kappa shape index (κ3) is 3.16. The van der Waals surface area contributed by atoms with Crippen LogP contribution < -0.4 is 5.56 Å². The lowest BCUT2D eigenvalue weighted by Gasteiger charge is -2.36. The van der Waals surface area contributed by atoms with Crippen molar-refractivity contribution < 1.29 is 14.9 Å². The number of aliphatic hydroxyl groups is 2. The zero-order chi connectivity index (χ0) is 19.4. The maximum absolute atomic E-state index is 12.0. The van der Waals surface area contributed by atoms with Gasteiger partial charge in [0.2, 0.25) is 0 Å². The van der Waals surface area contributed by atoms with E-state index in [4.69, 9.17) is 4.74 Å². The highest BCUT2D eigenvalue weighted by Gasteiger charge is 2.54. The third-order valence-corrected chi connectivity index (χ3v) is 6.69. The molecule has 3 N–H and O–H groups in total. The van der Waals surface area contributed by atoms with Crippen molar-refractivity contribution in [2.24, 2.45) is 5.92 Å². The van der Waals surface area contributed by atoms with Crippen LogP contribution in [0, 0.1) is 12.8 Å². The fourth-order valence-corrected chi connectivity index (χ4v) is 5.51. The molecule has 0 radical (unpaired) electrons. The zero-order valence-electron chi connectivity index (χ0n) is 15.8. The van der Waals surface area contributed by atoms with Crippen molar-refractivity contribution in [3.63, 3.8) is 0 Å². The highest BCUT2D eigenvalue weighted by molar-refractivity contribution is 7.72. The van der Waals surface area contributed by atoms with Crippen LogP contribution in [-0.2, 0) is 4.74 Å². The fourth-order valence-electron chi connectivity index (χ4n) is 3.67. The smallest absolute Gasteiger partial charge is 0.279 e. The molecule has 3 rings (SSSR count). The van der Waals surface area contributed by atoms with Gasteiger partial charge in [-0.2, -0.15) is 0 Å². The predicted molar refractivity (Wildman–Crippen MR) is 103 cm³/mol. The Hall–Kier alpha value is -1.47. The first-order valence-electron chi connectivity index (χ1n) is 8.59. The van der Waals surface area contributed by atoms with Gasteiger partial charge in [-0.25, -0.2) is 9.97 Å². The Kier molecular flexibility index (Phi) is 4.68. The molecule has 3 heterocycles. The minimum Gasteiger partial charge on any atom is -0.387 e. The SMILES string of the molecule is C=P(C)(C)CC(C)[C@@]1(C)O[C@@H](n2cnc3c(=O)[nH]c(C)nc32)[C@H](O)[C@@H]1O. The van der Waals surface area contributed by atoms with E-state index < -0.39 is 30.9 Å². The van der Waals surface area contributed by atoms with E-state index >= 15 is 0 Å². The van der Waals surface area contributed by atoms with Crippen molar-refractivity contribution in [1.29, 1.82) is 0 Å². The molecule has 144 valence electrons. The summed E-state index contributed by atoms with van der Waals surface area (Å²) in [7, 11) is 0. The molecule has 26 heavy (non-hydrogen) atoms. The van der Waals surface area contributed by atoms with Crippen LogP contribution in [-0.4, -0.2) is 73.3 Å². The Balaban J connectivity index is 2.01. The molecule has 1 aliphatic rings. The lowest BCUT2D eigenvalue weighted by molar-refractivity contribution is -0.116. The molecule has 5 atom stereocenters. The molecule has 0 aromatic carbocycles. The average Bonchev–Trinajstić information content (AvgIpc) is 3.01. The lowest BCUT2D eigenvalue weighted by atomic mass is 9.86. The number of aliphatic hydroxyl groups excluding tert-OH is 2. The average molecular weight is 382 g/mol. The van der Waals surface area contributed by atoms with E-state index in [1.807, 2.05) is 13.8 Å². The summed E-state index contributed by atoms with van der Waals surface area (Å²) in [6.07, 6.45) is 3.37. The van der Waals surface area contributed by atoms with E-state index in [1.54, 1.807) is 6.92 Å². The fraction of sp³-hybridized carbons (Fsp3) is 0.647. The number of nitrogens with zero attached hydrogens (tertiary/aromatic N) is 3. The number of H-pyrrole nitrogens is 1. The summed E-state index contributed by atoms with van der Waals surface area (Å²) in [5.41, 5.74) is -0.790. The molecule has 2 aromatic heterocycles. The first kappa shape index (κ1) is 19.3. The highest BCUT2D eigenvalue weighted by Crippen LogP contribution is 2.47. The van der Waals surface area contributed by atoms with Crippen molar-refractivity contribution >= 4 is 24.3 Å². The Bertz CT molecular complexity index is 932. The topological polar surface area (TPSA) is 113 Å². The van der Waals surface area contributed by atoms with Gasteiger partial charge in [0, 0.05) is 0 Å². The Morgan fingerprint density at radius 3 is 2.77 bits per heavy atom. The van der Waals surface area contributed by atoms with Crippen LogP contribution in [0.1, 0.15) is 25.9 Å². The molecule has 2 aromatic rings. The monoisotopic (exact) mass is 382 g/mol. The maximum Gasteiger partial charge on any atom is 0.279 e. The number of nitrogens with one attached hydrogen (secondary N) is 1. The van der Waals surface area contributed by atoms with Crippen molar-refractivity contribution in [2.45, 2.75) is 44.8 Å². The molecule has 1 aliphatic heterocycles. The standard InChI is InChI=1S/C17H27N4O4P/c1-9(7-26(4,5)6)17(3)13(23)12(22)16(25-17)21-8-18-11-14(21)19-10(2)20-15(11)24/h8-9,12-13,16,22-23H,4,7H2,1-3,5-6H3,(H,19,20,24)/t9?,12-,13+,16-,17-/m1/s1. The number of rotatable bonds is 4. The third-order valence-electron chi connectivity index (χ3n) is 5.15. The van der Waals surface area contributed by atoms with Gasteiger partial charge >= 0.3 is 0 Å². The van der Waals surface area contributed by atoms with E-state index in [1.165, 1.54) is 10.9 Å². The number of imidazole rings is 1. The minimum atomic E-state index is -1.34. The van der Waals surface area contributed by atoms with Gasteiger partial charge in [-0.05, 0) is 39.3 Å². The van der Waals surface area contributed by atoms with Crippen LogP contribution >= 0.6 is 6.89 Å². The van der Waals surface area contributed by atoms with Crippen molar-refractivity contribution in [1.82, 2.24) is 19.5 Å². The molecule has 0 amide bonds. The van der Waals surface area contributed by atoms with Gasteiger partial charge in [0.1, 0.15) is 18.0 Å². The quantitative estimate of drug-likeness (QED) is 0.674. The summed E-state index contributed by atoms with van der Waals surface area (Å²) in [5.74, 6) is 0.433. The van der Waals surface area contributed by atoms with Gasteiger partial charge in [-0.1, -0.05) is 6.92 Å². The van der Waals surface area contributed by atoms with E-state index in [-0.39, 0.29) is 17.0 Å². The second-order valence-corrected chi connectivity index (χ2v) is 12.4. The Labute approximate surface area is 152 Å². The van der Waals surface area contributed by atoms with Crippen molar-refractivity contribution in [2.75, 3.05) is 19.5 Å². The molecule has 9 heteroatoms. The molecular weight excluding hydrogens is 355 g/mol. The number of aromatic amines is 1. The first-order valence-corrected chi connectivity index (χ1v) is 11.6. The predicted octanol–water partition coefficient (Wildman–Crippen LogP) is 0.783. The molecule has 8 nitrogen and oxygen atoms in total. The molecular formula is C17H27N4O4P. The van der Waals surface area contributed by atoms with Gasteiger partial charge in [-0.15, -0.1) is 13.2 Å². The van der Waals surface area contributed by atoms with Crippen molar-refractivity contribution in [3.05, 3.63) is 22.5 Å². The van der Waals surface area contributed by atoms with Gasteiger partial charge in [0.15, 0.2) is 17.4 Å². The number of hydrogen-bond acceptors (Lipinski definition) is 6. The number of aryl methyl sites for hydroxylation is 1. The molecule has 0 saturated carbocycles. The van der Waals surface area contributed by atoms with Gasteiger partial charge in [0.25, 0.3) is 5.56 Å². The Morgan fingerprint density at radius 2 is 2.15 bits per heavy atom. The number of fused-ring (bicyclic) bond motifs is 1. The van der Waals surface area contributed by atoms with Gasteiger partial charge in [-0.3, -0.25) is 9.36 Å². The summed E-state index contributed by atoms with van der Waals surface area (Å²) in [6, 6.07) is 0. The molecule has 0 spiro atoms. The Morgan fingerprint density at radius 1 is 1.50 bits per heavy atom. The summed E-state index contributed by atoms with van der Waals surface area (Å²) >= 11 is 0. The molecule has 1 unspecified atom stereocenters. The van der Waals surface area contributed by atoms with Crippen LogP contribution in [0.5, 0.6) is 0 Å². The summed E-state index contributed by atoms with van der Waals surface area (Å²) in [6.45, 7) is 8.40. The van der Waals surface area contributed by atoms with E-state index in [0.717, 1.165) is 6.16 Å². The van der Waals surface area contributed by atoms with E-state index in [0.29, 0.717) is 11.5 Å². The summed E-state index contributed by atoms with van der Waals surface area (Å²) in [4.78, 5) is 23.1. The first-order chi connectivity index (χ1) is 11.9.